The number of rotatable bonds is 4. The molecule has 3 unspecified atom stereocenters. The second-order valence-electron chi connectivity index (χ2n) is 5.89. The van der Waals surface area contributed by atoms with E-state index in [1.165, 1.54) is 44.2 Å². The van der Waals surface area contributed by atoms with Gasteiger partial charge in [0, 0.05) is 18.2 Å². The summed E-state index contributed by atoms with van der Waals surface area (Å²) in [7, 11) is 1.59. The normalized spacial score (nSPS) is 29.6. The van der Waals surface area contributed by atoms with Crippen LogP contribution in [0.4, 0.5) is 10.1 Å². The minimum Gasteiger partial charge on any atom is -0.494 e. The van der Waals surface area contributed by atoms with E-state index in [9.17, 15) is 4.39 Å². The number of hydrogen-bond acceptors (Lipinski definition) is 3. The molecule has 0 amide bonds. The van der Waals surface area contributed by atoms with Gasteiger partial charge in [-0.25, -0.2) is 4.39 Å². The third-order valence-corrected chi connectivity index (χ3v) is 4.69. The summed E-state index contributed by atoms with van der Waals surface area (Å²) in [6.07, 6.45) is 6.30. The maximum absolute atomic E-state index is 13.3. The number of ether oxygens (including phenoxy) is 1. The lowest BCUT2D eigenvalue weighted by Crippen LogP contribution is -2.38. The molecule has 1 saturated carbocycles. The maximum Gasteiger partial charge on any atom is 0.144 e. The van der Waals surface area contributed by atoms with Crippen molar-refractivity contribution >= 4 is 5.69 Å². The lowest BCUT2D eigenvalue weighted by Gasteiger charge is -2.28. The molecular weight excluding hydrogens is 255 g/mol. The van der Waals surface area contributed by atoms with Gasteiger partial charge in [-0.2, -0.15) is 0 Å². The van der Waals surface area contributed by atoms with Crippen molar-refractivity contribution in [1.29, 1.82) is 0 Å². The Morgan fingerprint density at radius 3 is 2.90 bits per heavy atom. The van der Waals surface area contributed by atoms with E-state index in [2.05, 4.69) is 10.6 Å². The van der Waals surface area contributed by atoms with E-state index >= 15 is 0 Å². The molecule has 3 nitrogen and oxygen atoms in total. The minimum atomic E-state index is -0.257. The van der Waals surface area contributed by atoms with Crippen molar-refractivity contribution in [2.24, 2.45) is 5.92 Å². The van der Waals surface area contributed by atoms with E-state index in [4.69, 9.17) is 4.74 Å². The van der Waals surface area contributed by atoms with Crippen LogP contribution in [0.1, 0.15) is 32.1 Å². The quantitative estimate of drug-likeness (QED) is 0.887. The van der Waals surface area contributed by atoms with Gasteiger partial charge < -0.3 is 15.4 Å². The van der Waals surface area contributed by atoms with Crippen molar-refractivity contribution < 1.29 is 9.13 Å². The standard InChI is InChI=1S/C16H23FN2O/c1-20-16-10-11(17)7-8-15(16)19-14-5-2-4-12(14)13-6-3-9-18-13/h7-8,10,12-14,18-19H,2-6,9H2,1H3. The van der Waals surface area contributed by atoms with Crippen LogP contribution in [0, 0.1) is 11.7 Å². The predicted octanol–water partition coefficient (Wildman–Crippen LogP) is 3.17. The Bertz CT molecular complexity index is 460. The third kappa shape index (κ3) is 2.75. The molecule has 2 aliphatic rings. The topological polar surface area (TPSA) is 33.3 Å². The summed E-state index contributed by atoms with van der Waals surface area (Å²) in [5, 5.41) is 7.20. The highest BCUT2D eigenvalue weighted by atomic mass is 19.1. The van der Waals surface area contributed by atoms with Crippen LogP contribution in [0.2, 0.25) is 0 Å². The van der Waals surface area contributed by atoms with Crippen LogP contribution < -0.4 is 15.4 Å². The molecular formula is C16H23FN2O. The molecule has 1 heterocycles. The molecule has 1 aliphatic heterocycles. The molecule has 0 radical (unpaired) electrons. The average molecular weight is 278 g/mol. The Balaban J connectivity index is 1.73. The van der Waals surface area contributed by atoms with Crippen molar-refractivity contribution in [1.82, 2.24) is 5.32 Å². The minimum absolute atomic E-state index is 0.257. The fourth-order valence-electron chi connectivity index (χ4n) is 3.71. The van der Waals surface area contributed by atoms with E-state index in [-0.39, 0.29) is 5.82 Å². The van der Waals surface area contributed by atoms with Crippen LogP contribution in [-0.4, -0.2) is 25.7 Å². The number of nitrogens with one attached hydrogen (secondary N) is 2. The molecule has 2 N–H and O–H groups in total. The van der Waals surface area contributed by atoms with Crippen LogP contribution in [0.25, 0.3) is 0 Å². The molecule has 0 aromatic heterocycles. The first-order chi connectivity index (χ1) is 9.78. The van der Waals surface area contributed by atoms with E-state index in [0.29, 0.717) is 23.8 Å². The molecule has 4 heteroatoms. The average Bonchev–Trinajstić information content (AvgIpc) is 3.11. The first-order valence-electron chi connectivity index (χ1n) is 7.61. The Morgan fingerprint density at radius 2 is 2.15 bits per heavy atom. The van der Waals surface area contributed by atoms with E-state index in [1.807, 2.05) is 0 Å². The zero-order chi connectivity index (χ0) is 13.9. The molecule has 3 rings (SSSR count). The Hall–Kier alpha value is -1.29. The summed E-state index contributed by atoms with van der Waals surface area (Å²) in [5.41, 5.74) is 0.906. The zero-order valence-corrected chi connectivity index (χ0v) is 12.0. The summed E-state index contributed by atoms with van der Waals surface area (Å²) in [6, 6.07) is 5.82. The summed E-state index contributed by atoms with van der Waals surface area (Å²) in [5.74, 6) is 1.01. The molecule has 110 valence electrons. The molecule has 0 spiro atoms. The number of methoxy groups -OCH3 is 1. The maximum atomic E-state index is 13.3. The number of anilines is 1. The van der Waals surface area contributed by atoms with Crippen LogP contribution in [0.3, 0.4) is 0 Å². The first kappa shape index (κ1) is 13.7. The van der Waals surface area contributed by atoms with Crippen LogP contribution in [-0.2, 0) is 0 Å². The summed E-state index contributed by atoms with van der Waals surface area (Å²) in [6.45, 7) is 1.15. The van der Waals surface area contributed by atoms with Gasteiger partial charge in [-0.15, -0.1) is 0 Å². The summed E-state index contributed by atoms with van der Waals surface area (Å²) in [4.78, 5) is 0. The molecule has 1 aromatic carbocycles. The highest BCUT2D eigenvalue weighted by Crippen LogP contribution is 2.36. The molecule has 1 aliphatic carbocycles. The van der Waals surface area contributed by atoms with Crippen molar-refractivity contribution in [3.63, 3.8) is 0 Å². The lowest BCUT2D eigenvalue weighted by molar-refractivity contribution is 0.373. The van der Waals surface area contributed by atoms with Gasteiger partial charge in [0.15, 0.2) is 0 Å². The van der Waals surface area contributed by atoms with Gasteiger partial charge in [-0.3, -0.25) is 0 Å². The second kappa shape index (κ2) is 6.00. The monoisotopic (exact) mass is 278 g/mol. The van der Waals surface area contributed by atoms with Gasteiger partial charge >= 0.3 is 0 Å². The zero-order valence-electron chi connectivity index (χ0n) is 12.0. The number of benzene rings is 1. The van der Waals surface area contributed by atoms with Crippen molar-refractivity contribution in [3.8, 4) is 5.75 Å². The second-order valence-corrected chi connectivity index (χ2v) is 5.89. The fraction of sp³-hybridized carbons (Fsp3) is 0.625. The van der Waals surface area contributed by atoms with E-state index in [1.54, 1.807) is 13.2 Å². The van der Waals surface area contributed by atoms with Crippen LogP contribution in [0.15, 0.2) is 18.2 Å². The van der Waals surface area contributed by atoms with E-state index < -0.39 is 0 Å². The highest BCUT2D eigenvalue weighted by molar-refractivity contribution is 5.57. The Morgan fingerprint density at radius 1 is 1.25 bits per heavy atom. The van der Waals surface area contributed by atoms with Crippen molar-refractivity contribution in [3.05, 3.63) is 24.0 Å². The van der Waals surface area contributed by atoms with Crippen molar-refractivity contribution in [2.45, 2.75) is 44.2 Å². The van der Waals surface area contributed by atoms with Gasteiger partial charge in [0.05, 0.1) is 12.8 Å². The molecule has 1 aromatic rings. The van der Waals surface area contributed by atoms with Gasteiger partial charge in [-0.1, -0.05) is 6.42 Å². The SMILES string of the molecule is COc1cc(F)ccc1NC1CCCC1C1CCCN1. The summed E-state index contributed by atoms with van der Waals surface area (Å²) < 4.78 is 18.5. The van der Waals surface area contributed by atoms with Gasteiger partial charge in [0.25, 0.3) is 0 Å². The lowest BCUT2D eigenvalue weighted by atomic mass is 9.93. The Labute approximate surface area is 119 Å². The smallest absolute Gasteiger partial charge is 0.144 e. The van der Waals surface area contributed by atoms with Crippen molar-refractivity contribution in [2.75, 3.05) is 19.0 Å². The summed E-state index contributed by atoms with van der Waals surface area (Å²) >= 11 is 0. The highest BCUT2D eigenvalue weighted by Gasteiger charge is 2.35. The van der Waals surface area contributed by atoms with Crippen LogP contribution in [0.5, 0.6) is 5.75 Å². The molecule has 20 heavy (non-hydrogen) atoms. The Kier molecular flexibility index (Phi) is 4.10. The molecule has 1 saturated heterocycles. The number of halogens is 1. The van der Waals surface area contributed by atoms with Gasteiger partial charge in [0.2, 0.25) is 0 Å². The van der Waals surface area contributed by atoms with Crippen LogP contribution >= 0.6 is 0 Å². The molecule has 2 fully saturated rings. The predicted molar refractivity (Wildman–Crippen MR) is 78.7 cm³/mol. The number of hydrogen-bond donors (Lipinski definition) is 2. The fourth-order valence-corrected chi connectivity index (χ4v) is 3.71. The first-order valence-corrected chi connectivity index (χ1v) is 7.61. The largest absolute Gasteiger partial charge is 0.494 e. The third-order valence-electron chi connectivity index (χ3n) is 4.69. The van der Waals surface area contributed by atoms with Gasteiger partial charge in [-0.05, 0) is 50.3 Å². The molecule has 3 atom stereocenters. The van der Waals surface area contributed by atoms with E-state index in [0.717, 1.165) is 12.2 Å². The molecule has 0 bridgehead atoms. The van der Waals surface area contributed by atoms with Gasteiger partial charge in [0.1, 0.15) is 11.6 Å².